The van der Waals surface area contributed by atoms with Crippen LogP contribution in [0.5, 0.6) is 5.75 Å². The van der Waals surface area contributed by atoms with Crippen molar-refractivity contribution in [2.75, 3.05) is 0 Å². The fourth-order valence-electron chi connectivity index (χ4n) is 6.19. The summed E-state index contributed by atoms with van der Waals surface area (Å²) in [6, 6.07) is 14.3. The summed E-state index contributed by atoms with van der Waals surface area (Å²) in [4.78, 5) is 13.5. The largest absolute Gasteiger partial charge is 0.508 e. The fraction of sp³-hybridized carbons (Fsp3) is 0.480. The van der Waals surface area contributed by atoms with E-state index in [4.69, 9.17) is 0 Å². The van der Waals surface area contributed by atoms with Crippen molar-refractivity contribution in [3.63, 3.8) is 0 Å². The van der Waals surface area contributed by atoms with Gasteiger partial charge in [-0.25, -0.2) is 0 Å². The van der Waals surface area contributed by atoms with Crippen LogP contribution < -0.4 is 0 Å². The Hall–Kier alpha value is -2.17. The second kappa shape index (κ2) is 6.16. The molecule has 3 unspecified atom stereocenters. The maximum Gasteiger partial charge on any atom is 0.169 e. The number of phenols is 1. The van der Waals surface area contributed by atoms with Gasteiger partial charge in [0.25, 0.3) is 0 Å². The van der Waals surface area contributed by atoms with Crippen LogP contribution in [-0.2, 0) is 11.0 Å². The van der Waals surface area contributed by atoms with Crippen molar-refractivity contribution in [1.82, 2.24) is 0 Å². The summed E-state index contributed by atoms with van der Waals surface area (Å²) >= 11 is 0. The number of aromatic hydroxyl groups is 1. The van der Waals surface area contributed by atoms with E-state index in [0.717, 1.165) is 12.0 Å². The van der Waals surface area contributed by atoms with Gasteiger partial charge in [-0.1, -0.05) is 57.2 Å². The van der Waals surface area contributed by atoms with E-state index < -0.39 is 22.0 Å². The Kier molecular flexibility index (Phi) is 4.28. The minimum atomic E-state index is -1.45. The molecule has 4 heteroatoms. The first-order valence-corrected chi connectivity index (χ1v) is 10.4. The molecule has 3 N–H and O–H groups in total. The SMILES string of the molecule is CCC12CC(C)(O)C(O)(c3ccccc3)C[C@@H]1C(C)(C)C(=O)c1cc(O)ccc12. The van der Waals surface area contributed by atoms with E-state index in [1.807, 2.05) is 50.2 Å². The van der Waals surface area contributed by atoms with Crippen molar-refractivity contribution in [2.24, 2.45) is 11.3 Å². The van der Waals surface area contributed by atoms with Gasteiger partial charge in [0.15, 0.2) is 5.78 Å². The molecule has 2 aliphatic rings. The van der Waals surface area contributed by atoms with Gasteiger partial charge in [0, 0.05) is 16.4 Å². The smallest absolute Gasteiger partial charge is 0.169 e. The summed E-state index contributed by atoms with van der Waals surface area (Å²) in [7, 11) is 0. The van der Waals surface area contributed by atoms with E-state index >= 15 is 0 Å². The number of ketones is 1. The number of Topliss-reactive ketones (excluding diaryl/α,β-unsaturated/α-hetero) is 1. The lowest BCUT2D eigenvalue weighted by molar-refractivity contribution is -0.213. The second-order valence-electron chi connectivity index (χ2n) is 9.72. The Balaban J connectivity index is 1.97. The summed E-state index contributed by atoms with van der Waals surface area (Å²) in [5.74, 6) is -0.106. The van der Waals surface area contributed by atoms with Gasteiger partial charge < -0.3 is 15.3 Å². The van der Waals surface area contributed by atoms with Crippen LogP contribution >= 0.6 is 0 Å². The number of fused-ring (bicyclic) bond motifs is 3. The highest BCUT2D eigenvalue weighted by atomic mass is 16.4. The van der Waals surface area contributed by atoms with Gasteiger partial charge in [0.05, 0.1) is 5.60 Å². The van der Waals surface area contributed by atoms with Crippen LogP contribution in [0.3, 0.4) is 0 Å². The van der Waals surface area contributed by atoms with E-state index in [1.165, 1.54) is 0 Å². The molecule has 0 heterocycles. The van der Waals surface area contributed by atoms with Crippen LogP contribution in [0.25, 0.3) is 0 Å². The van der Waals surface area contributed by atoms with Crippen LogP contribution in [0.15, 0.2) is 48.5 Å². The standard InChI is InChI=1S/C25H30O4/c1-5-24-15-23(4,28)25(29,16-9-7-6-8-10-16)14-20(24)22(2,3)21(27)18-13-17(26)11-12-19(18)24/h6-13,20,26,28-29H,5,14-15H2,1-4H3/t20-,23?,24?,25?/m1/s1. The van der Waals surface area contributed by atoms with Crippen molar-refractivity contribution in [3.8, 4) is 5.75 Å². The predicted octanol–water partition coefficient (Wildman–Crippen LogP) is 4.31. The number of aliphatic hydroxyl groups is 2. The highest BCUT2D eigenvalue weighted by Gasteiger charge is 2.66. The summed E-state index contributed by atoms with van der Waals surface area (Å²) in [6.45, 7) is 7.65. The lowest BCUT2D eigenvalue weighted by Gasteiger charge is -2.62. The maximum atomic E-state index is 13.5. The third-order valence-corrected chi connectivity index (χ3v) is 7.84. The van der Waals surface area contributed by atoms with E-state index in [-0.39, 0.29) is 23.9 Å². The van der Waals surface area contributed by atoms with Gasteiger partial charge >= 0.3 is 0 Å². The molecule has 2 aliphatic carbocycles. The second-order valence-corrected chi connectivity index (χ2v) is 9.72. The van der Waals surface area contributed by atoms with Gasteiger partial charge in [-0.3, -0.25) is 4.79 Å². The summed E-state index contributed by atoms with van der Waals surface area (Å²) in [6.07, 6.45) is 1.35. The van der Waals surface area contributed by atoms with Gasteiger partial charge in [-0.05, 0) is 55.4 Å². The quantitative estimate of drug-likeness (QED) is 0.709. The zero-order valence-corrected chi connectivity index (χ0v) is 17.6. The average Bonchev–Trinajstić information content (AvgIpc) is 2.68. The number of carbonyl (C=O) groups is 1. The van der Waals surface area contributed by atoms with Crippen molar-refractivity contribution >= 4 is 5.78 Å². The number of carbonyl (C=O) groups excluding carboxylic acids is 1. The Bertz CT molecular complexity index is 962. The molecule has 2 aromatic carbocycles. The van der Waals surface area contributed by atoms with E-state index in [1.54, 1.807) is 19.1 Å². The Morgan fingerprint density at radius 1 is 1.03 bits per heavy atom. The van der Waals surface area contributed by atoms with E-state index in [9.17, 15) is 20.1 Å². The third kappa shape index (κ3) is 2.55. The molecule has 0 amide bonds. The first-order valence-electron chi connectivity index (χ1n) is 10.4. The van der Waals surface area contributed by atoms with E-state index in [0.29, 0.717) is 17.5 Å². The van der Waals surface area contributed by atoms with Gasteiger partial charge in [-0.2, -0.15) is 0 Å². The van der Waals surface area contributed by atoms with Crippen LogP contribution in [0.2, 0.25) is 0 Å². The van der Waals surface area contributed by atoms with Crippen molar-refractivity contribution in [2.45, 2.75) is 63.6 Å². The van der Waals surface area contributed by atoms with Crippen LogP contribution in [0, 0.1) is 11.3 Å². The Morgan fingerprint density at radius 3 is 2.31 bits per heavy atom. The zero-order valence-electron chi connectivity index (χ0n) is 17.6. The number of rotatable bonds is 2. The predicted molar refractivity (Wildman–Crippen MR) is 112 cm³/mol. The van der Waals surface area contributed by atoms with Gasteiger partial charge in [-0.15, -0.1) is 0 Å². The average molecular weight is 395 g/mol. The van der Waals surface area contributed by atoms with Crippen LogP contribution in [0.1, 0.15) is 68.4 Å². The molecular formula is C25H30O4. The number of benzene rings is 2. The highest BCUT2D eigenvalue weighted by Crippen LogP contribution is 2.64. The normalized spacial score (nSPS) is 35.7. The summed E-state index contributed by atoms with van der Waals surface area (Å²) in [5, 5.41) is 33.5. The maximum absolute atomic E-state index is 13.5. The molecule has 4 rings (SSSR count). The number of hydrogen-bond donors (Lipinski definition) is 3. The third-order valence-electron chi connectivity index (χ3n) is 7.84. The molecule has 1 saturated carbocycles. The van der Waals surface area contributed by atoms with Crippen molar-refractivity contribution < 1.29 is 20.1 Å². The minimum absolute atomic E-state index is 0.0190. The lowest BCUT2D eigenvalue weighted by Crippen LogP contribution is -2.66. The van der Waals surface area contributed by atoms with Gasteiger partial charge in [0.2, 0.25) is 0 Å². The fourth-order valence-corrected chi connectivity index (χ4v) is 6.19. The highest BCUT2D eigenvalue weighted by molar-refractivity contribution is 6.03. The molecule has 0 bridgehead atoms. The van der Waals surface area contributed by atoms with E-state index in [2.05, 4.69) is 6.92 Å². The molecule has 0 saturated heterocycles. The Morgan fingerprint density at radius 2 is 1.69 bits per heavy atom. The molecular weight excluding hydrogens is 364 g/mol. The molecule has 154 valence electrons. The molecule has 4 atom stereocenters. The first-order chi connectivity index (χ1) is 13.5. The minimum Gasteiger partial charge on any atom is -0.508 e. The topological polar surface area (TPSA) is 77.8 Å². The van der Waals surface area contributed by atoms with Crippen molar-refractivity contribution in [3.05, 3.63) is 65.2 Å². The first kappa shape index (κ1) is 20.1. The summed E-state index contributed by atoms with van der Waals surface area (Å²) < 4.78 is 0. The lowest BCUT2D eigenvalue weighted by atomic mass is 9.43. The zero-order chi connectivity index (χ0) is 21.2. The molecule has 0 aromatic heterocycles. The van der Waals surface area contributed by atoms with Crippen molar-refractivity contribution in [1.29, 1.82) is 0 Å². The molecule has 1 fully saturated rings. The number of hydrogen-bond acceptors (Lipinski definition) is 4. The monoisotopic (exact) mass is 394 g/mol. The summed E-state index contributed by atoms with van der Waals surface area (Å²) in [5.41, 5.74) is -1.96. The van der Waals surface area contributed by atoms with Crippen LogP contribution in [0.4, 0.5) is 0 Å². The molecule has 4 nitrogen and oxygen atoms in total. The molecule has 0 radical (unpaired) electrons. The molecule has 0 spiro atoms. The van der Waals surface area contributed by atoms with Crippen LogP contribution in [-0.4, -0.2) is 26.7 Å². The molecule has 29 heavy (non-hydrogen) atoms. The number of phenolic OH excluding ortho intramolecular Hbond substituents is 1. The molecule has 2 aromatic rings. The van der Waals surface area contributed by atoms with Gasteiger partial charge in [0.1, 0.15) is 11.4 Å². The Labute approximate surface area is 172 Å². The molecule has 0 aliphatic heterocycles.